The minimum Gasteiger partial charge on any atom is -0.461 e. The molecule has 2 saturated heterocycles. The summed E-state index contributed by atoms with van der Waals surface area (Å²) in [6.07, 6.45) is 1.95. The lowest BCUT2D eigenvalue weighted by atomic mass is 10.0. The summed E-state index contributed by atoms with van der Waals surface area (Å²) < 4.78 is 37.8. The Labute approximate surface area is 257 Å². The van der Waals surface area contributed by atoms with Crippen molar-refractivity contribution in [2.24, 2.45) is 7.05 Å². The quantitative estimate of drug-likeness (QED) is 0.299. The van der Waals surface area contributed by atoms with Crippen LogP contribution in [0.1, 0.15) is 67.2 Å². The van der Waals surface area contributed by atoms with Crippen LogP contribution in [-0.2, 0) is 29.5 Å². The van der Waals surface area contributed by atoms with Gasteiger partial charge in [0.2, 0.25) is 0 Å². The Hall–Kier alpha value is -2.48. The number of hydrogen-bond donors (Lipinski definition) is 2. The minimum atomic E-state index is -3.05. The molecule has 3 aromatic heterocycles. The largest absolute Gasteiger partial charge is 0.461 e. The second kappa shape index (κ2) is 11.8. The van der Waals surface area contributed by atoms with Crippen molar-refractivity contribution in [3.8, 4) is 0 Å². The fourth-order valence-electron chi connectivity index (χ4n) is 6.47. The van der Waals surface area contributed by atoms with Gasteiger partial charge in [-0.1, -0.05) is 55.4 Å². The zero-order chi connectivity index (χ0) is 31.4. The second-order valence-electron chi connectivity index (χ2n) is 12.6. The van der Waals surface area contributed by atoms with Crippen molar-refractivity contribution in [1.29, 1.82) is 0 Å². The monoisotopic (exact) mass is 650 g/mol. The van der Waals surface area contributed by atoms with Gasteiger partial charge in [-0.15, -0.1) is 0 Å². The number of fused-ring (bicyclic) bond motifs is 2. The highest BCUT2D eigenvalue weighted by atomic mass is 32.1. The first kappa shape index (κ1) is 31.9. The van der Waals surface area contributed by atoms with Gasteiger partial charge in [0, 0.05) is 19.4 Å². The Kier molecular flexibility index (Phi) is 8.76. The second-order valence-corrected chi connectivity index (χ2v) is 21.8. The normalized spacial score (nSPS) is 25.4. The zero-order valence-electron chi connectivity index (χ0n) is 26.1. The van der Waals surface area contributed by atoms with Crippen LogP contribution in [-0.4, -0.2) is 76.5 Å². The molecule has 0 amide bonds. The molecule has 0 spiro atoms. The van der Waals surface area contributed by atoms with Crippen LogP contribution < -0.4 is 11.2 Å². The van der Waals surface area contributed by atoms with Gasteiger partial charge in [-0.3, -0.25) is 19.0 Å². The molecule has 2 aliphatic heterocycles. The predicted molar refractivity (Wildman–Crippen MR) is 168 cm³/mol. The number of aromatic nitrogens is 6. The summed E-state index contributed by atoms with van der Waals surface area (Å²) in [5.74, 6) is 0. The van der Waals surface area contributed by atoms with Gasteiger partial charge in [0.15, 0.2) is 6.10 Å². The van der Waals surface area contributed by atoms with E-state index in [9.17, 15) is 9.59 Å². The van der Waals surface area contributed by atoms with E-state index in [1.807, 2.05) is 0 Å². The molecule has 0 aliphatic carbocycles. The Morgan fingerprint density at radius 2 is 1.70 bits per heavy atom. The van der Waals surface area contributed by atoms with Crippen molar-refractivity contribution in [3.05, 3.63) is 45.3 Å². The Morgan fingerprint density at radius 3 is 2.28 bits per heavy atom. The highest BCUT2D eigenvalue weighted by Gasteiger charge is 2.62. The van der Waals surface area contributed by atoms with Crippen LogP contribution in [0.3, 0.4) is 0 Å². The number of aryl methyl sites for hydroxylation is 1. The van der Waals surface area contributed by atoms with Crippen LogP contribution in [0.15, 0.2) is 28.3 Å². The third-order valence-corrected chi connectivity index (χ3v) is 19.2. The fourth-order valence-corrected chi connectivity index (χ4v) is 17.9. The molecule has 43 heavy (non-hydrogen) atoms. The average molecular weight is 651 g/mol. The maximum absolute atomic E-state index is 12.7. The number of imidazole rings is 1. The summed E-state index contributed by atoms with van der Waals surface area (Å²) in [7, 11) is -4.24. The molecule has 0 bridgehead atoms. The van der Waals surface area contributed by atoms with Crippen LogP contribution in [0.5, 0.6) is 0 Å². The number of ether oxygens (including phenoxy) is 2. The predicted octanol–water partition coefficient (Wildman–Crippen LogP) is 3.76. The molecule has 5 rings (SSSR count). The molecular formula is C27H42N6O7SSi2. The number of thiocarbonyl (C=S) groups is 1. The van der Waals surface area contributed by atoms with E-state index >= 15 is 0 Å². The van der Waals surface area contributed by atoms with Gasteiger partial charge < -0.3 is 27.4 Å². The molecule has 0 saturated carbocycles. The van der Waals surface area contributed by atoms with Crippen molar-refractivity contribution >= 4 is 45.5 Å². The highest BCUT2D eigenvalue weighted by Crippen LogP contribution is 2.49. The Morgan fingerprint density at radius 1 is 1.05 bits per heavy atom. The van der Waals surface area contributed by atoms with Crippen LogP contribution in [0.2, 0.25) is 22.2 Å². The van der Waals surface area contributed by atoms with Crippen molar-refractivity contribution in [3.63, 3.8) is 0 Å². The molecule has 2 aliphatic rings. The smallest absolute Gasteiger partial charge is 0.335 e. The summed E-state index contributed by atoms with van der Waals surface area (Å²) in [5.41, 5.74) is 0.0728. The molecule has 16 heteroatoms. The Bertz CT molecular complexity index is 1570. The molecule has 0 radical (unpaired) electrons. The zero-order valence-corrected chi connectivity index (χ0v) is 28.9. The SMILES string of the molecule is CC(C)[Si]1(C(C)C)OCC2OC(c3nn(C)c4c(=O)[nH]c(=O)[nH]c34)C(OC(=S)n3ccnc3)C2O[Si](C(C)C)(C(C)C)O1. The van der Waals surface area contributed by atoms with Gasteiger partial charge in [-0.05, 0) is 34.4 Å². The van der Waals surface area contributed by atoms with E-state index in [0.717, 1.165) is 0 Å². The van der Waals surface area contributed by atoms with Crippen molar-refractivity contribution in [2.75, 3.05) is 6.61 Å². The molecular weight excluding hydrogens is 609 g/mol. The third-order valence-electron chi connectivity index (χ3n) is 8.62. The van der Waals surface area contributed by atoms with Crippen molar-refractivity contribution in [1.82, 2.24) is 29.3 Å². The molecule has 0 aromatic carbocycles. The van der Waals surface area contributed by atoms with E-state index in [1.54, 1.807) is 30.3 Å². The topological polar surface area (TPSA) is 148 Å². The first-order valence-corrected chi connectivity index (χ1v) is 19.1. The lowest BCUT2D eigenvalue weighted by Gasteiger charge is -2.51. The lowest BCUT2D eigenvalue weighted by Crippen LogP contribution is -2.66. The van der Waals surface area contributed by atoms with Crippen LogP contribution >= 0.6 is 12.2 Å². The van der Waals surface area contributed by atoms with Gasteiger partial charge in [-0.2, -0.15) is 5.10 Å². The van der Waals surface area contributed by atoms with Gasteiger partial charge >= 0.3 is 22.8 Å². The van der Waals surface area contributed by atoms with Crippen LogP contribution in [0, 0.1) is 0 Å². The van der Waals surface area contributed by atoms with Gasteiger partial charge in [0.05, 0.1) is 6.61 Å². The molecule has 2 N–H and O–H groups in total. The van der Waals surface area contributed by atoms with Crippen molar-refractivity contribution < 1.29 is 22.4 Å². The van der Waals surface area contributed by atoms with E-state index in [0.29, 0.717) is 5.69 Å². The summed E-state index contributed by atoms with van der Waals surface area (Å²) in [6, 6.07) is 0. The van der Waals surface area contributed by atoms with Gasteiger partial charge in [0.1, 0.15) is 41.4 Å². The van der Waals surface area contributed by atoms with Crippen LogP contribution in [0.25, 0.3) is 11.0 Å². The Balaban J connectivity index is 1.68. The van der Waals surface area contributed by atoms with E-state index in [-0.39, 0.29) is 45.0 Å². The van der Waals surface area contributed by atoms with E-state index < -0.39 is 52.8 Å². The number of aromatic amines is 2. The molecule has 236 valence electrons. The maximum atomic E-state index is 12.7. The summed E-state index contributed by atoms with van der Waals surface area (Å²) in [6.45, 7) is 17.4. The van der Waals surface area contributed by atoms with Gasteiger partial charge in [0.25, 0.3) is 10.7 Å². The van der Waals surface area contributed by atoms with Crippen LogP contribution in [0.4, 0.5) is 0 Å². The molecule has 2 fully saturated rings. The number of nitrogens with zero attached hydrogens (tertiary/aromatic N) is 4. The first-order chi connectivity index (χ1) is 20.2. The maximum Gasteiger partial charge on any atom is 0.335 e. The molecule has 5 heterocycles. The minimum absolute atomic E-state index is 0.0742. The number of hydrogen-bond acceptors (Lipinski definition) is 10. The molecule has 13 nitrogen and oxygen atoms in total. The molecule has 3 aromatic rings. The van der Waals surface area contributed by atoms with Crippen molar-refractivity contribution in [2.45, 2.75) is 102 Å². The first-order valence-electron chi connectivity index (χ1n) is 14.8. The standard InChI is InChI=1S/C27H42N6O7SSi2/c1-14(2)42(15(3)4)36-12-18-22(39-43(40-42,16(5)6)17(7)8)24(38-27(41)33-11-10-28-13-33)23(37-18)20-19-21(32(9)31-20)25(34)30-26(35)29-19/h10-11,13-18,22-24H,12H2,1-9H3,(H2,29,30,34,35). The number of rotatable bonds is 6. The fraction of sp³-hybridized carbons (Fsp3) is 0.667. The third kappa shape index (κ3) is 5.40. The summed E-state index contributed by atoms with van der Waals surface area (Å²) in [5, 5.41) is 4.79. The summed E-state index contributed by atoms with van der Waals surface area (Å²) in [4.78, 5) is 34.2. The molecule has 4 atom stereocenters. The van der Waals surface area contributed by atoms with E-state index in [4.69, 9.17) is 34.7 Å². The van der Waals surface area contributed by atoms with E-state index in [2.05, 4.69) is 75.4 Å². The summed E-state index contributed by atoms with van der Waals surface area (Å²) >= 11 is 5.68. The number of nitrogens with one attached hydrogen (secondary N) is 2. The van der Waals surface area contributed by atoms with E-state index in [1.165, 1.54) is 4.68 Å². The molecule has 4 unspecified atom stereocenters. The van der Waals surface area contributed by atoms with Gasteiger partial charge in [-0.25, -0.2) is 9.78 Å². The lowest BCUT2D eigenvalue weighted by molar-refractivity contribution is -0.0395. The highest BCUT2D eigenvalue weighted by molar-refractivity contribution is 7.80. The average Bonchev–Trinajstić information content (AvgIpc) is 3.62. The number of H-pyrrole nitrogens is 2.